The standard InChI is InChI=1S/C23H19FN4O6S/c1-33-9-8-27(23(29)30)13-14-2-4-17(26-12-14)21-11-18-22(35-21)20(6-7-25-18)34-19-5-3-15(28(31)32)10-16(19)24/h2-7,10-12H,8-9,13H2,1H3,(H,29,30). The first-order chi connectivity index (χ1) is 16.9. The van der Waals surface area contributed by atoms with Crippen LogP contribution in [-0.4, -0.2) is 51.3 Å². The number of ether oxygens (including phenoxy) is 2. The van der Waals surface area contributed by atoms with Crippen molar-refractivity contribution in [2.45, 2.75) is 6.54 Å². The van der Waals surface area contributed by atoms with Gasteiger partial charge >= 0.3 is 6.09 Å². The van der Waals surface area contributed by atoms with Crippen LogP contribution in [0.5, 0.6) is 11.5 Å². The second-order valence-corrected chi connectivity index (χ2v) is 8.41. The molecule has 0 aliphatic heterocycles. The summed E-state index contributed by atoms with van der Waals surface area (Å²) in [5, 5.41) is 20.2. The number of pyridine rings is 2. The lowest BCUT2D eigenvalue weighted by Crippen LogP contribution is -2.32. The van der Waals surface area contributed by atoms with Gasteiger partial charge in [-0.2, -0.15) is 0 Å². The maximum atomic E-state index is 14.3. The molecule has 3 heterocycles. The van der Waals surface area contributed by atoms with Gasteiger partial charge in [0.25, 0.3) is 5.69 Å². The molecule has 180 valence electrons. The SMILES string of the molecule is COCCN(Cc1ccc(-c2cc3nccc(Oc4ccc([N+](=O)[O-])cc4F)c3s2)nc1)C(=O)O. The van der Waals surface area contributed by atoms with Gasteiger partial charge in [0.1, 0.15) is 5.75 Å². The lowest BCUT2D eigenvalue weighted by atomic mass is 10.2. The molecule has 1 N–H and O–H groups in total. The molecule has 0 aliphatic rings. The fraction of sp³-hybridized carbons (Fsp3) is 0.174. The molecule has 0 atom stereocenters. The van der Waals surface area contributed by atoms with Crippen LogP contribution in [-0.2, 0) is 11.3 Å². The summed E-state index contributed by atoms with van der Waals surface area (Å²) < 4.78 is 25.6. The number of fused-ring (bicyclic) bond motifs is 1. The molecule has 4 rings (SSSR count). The van der Waals surface area contributed by atoms with Gasteiger partial charge in [-0.3, -0.25) is 20.1 Å². The number of halogens is 1. The van der Waals surface area contributed by atoms with Gasteiger partial charge in [0, 0.05) is 38.2 Å². The van der Waals surface area contributed by atoms with E-state index in [0.717, 1.165) is 16.5 Å². The minimum Gasteiger partial charge on any atom is -0.465 e. The molecule has 0 bridgehead atoms. The van der Waals surface area contributed by atoms with Crippen LogP contribution in [0.1, 0.15) is 5.56 Å². The van der Waals surface area contributed by atoms with E-state index in [2.05, 4.69) is 9.97 Å². The Balaban J connectivity index is 1.56. The normalized spacial score (nSPS) is 10.9. The molecule has 0 aliphatic carbocycles. The number of thiophene rings is 1. The van der Waals surface area contributed by atoms with E-state index in [-0.39, 0.29) is 24.5 Å². The average molecular weight is 498 g/mol. The molecule has 1 aromatic carbocycles. The molecule has 0 radical (unpaired) electrons. The number of rotatable bonds is 9. The van der Waals surface area contributed by atoms with Crippen LogP contribution in [0.2, 0.25) is 0 Å². The van der Waals surface area contributed by atoms with E-state index in [1.165, 1.54) is 41.7 Å². The Labute approximate surface area is 202 Å². The van der Waals surface area contributed by atoms with Crippen molar-refractivity contribution in [1.82, 2.24) is 14.9 Å². The number of hydrogen-bond acceptors (Lipinski definition) is 8. The Morgan fingerprint density at radius 1 is 1.20 bits per heavy atom. The summed E-state index contributed by atoms with van der Waals surface area (Å²) in [5.41, 5.74) is 1.63. The summed E-state index contributed by atoms with van der Waals surface area (Å²) in [6.45, 7) is 0.715. The summed E-state index contributed by atoms with van der Waals surface area (Å²) >= 11 is 1.34. The number of carbonyl (C=O) groups is 1. The molecule has 1 amide bonds. The number of nitro benzene ring substituents is 1. The first-order valence-corrected chi connectivity index (χ1v) is 11.1. The molecule has 0 saturated heterocycles. The third-order valence-electron chi connectivity index (χ3n) is 5.01. The molecule has 4 aromatic rings. The number of nitro groups is 1. The summed E-state index contributed by atoms with van der Waals surface area (Å²) in [4.78, 5) is 32.4. The first-order valence-electron chi connectivity index (χ1n) is 10.3. The summed E-state index contributed by atoms with van der Waals surface area (Å²) in [6, 6.07) is 10.2. The Bertz CT molecular complexity index is 1380. The van der Waals surface area contributed by atoms with E-state index in [1.807, 2.05) is 6.07 Å². The molecule has 0 saturated carbocycles. The van der Waals surface area contributed by atoms with Gasteiger partial charge in [-0.05, 0) is 23.8 Å². The second-order valence-electron chi connectivity index (χ2n) is 7.36. The molecule has 12 heteroatoms. The number of amides is 1. The number of aromatic nitrogens is 2. The van der Waals surface area contributed by atoms with E-state index >= 15 is 0 Å². The Hall–Kier alpha value is -4.16. The molecular formula is C23H19FN4O6S. The van der Waals surface area contributed by atoms with E-state index < -0.39 is 16.8 Å². The van der Waals surface area contributed by atoms with Crippen molar-refractivity contribution < 1.29 is 28.7 Å². The van der Waals surface area contributed by atoms with Gasteiger partial charge in [0.2, 0.25) is 0 Å². The minimum absolute atomic E-state index is 0.142. The molecular weight excluding hydrogens is 479 g/mol. The van der Waals surface area contributed by atoms with Crippen molar-refractivity contribution in [3.8, 4) is 22.1 Å². The maximum absolute atomic E-state index is 14.3. The largest absolute Gasteiger partial charge is 0.465 e. The van der Waals surface area contributed by atoms with Crippen molar-refractivity contribution >= 4 is 33.3 Å². The highest BCUT2D eigenvalue weighted by Crippen LogP contribution is 2.39. The topological polar surface area (TPSA) is 128 Å². The number of nitrogens with zero attached hydrogens (tertiary/aromatic N) is 4. The highest BCUT2D eigenvalue weighted by atomic mass is 32.1. The van der Waals surface area contributed by atoms with Gasteiger partial charge in [-0.1, -0.05) is 6.07 Å². The zero-order valence-electron chi connectivity index (χ0n) is 18.4. The lowest BCUT2D eigenvalue weighted by Gasteiger charge is -2.18. The highest BCUT2D eigenvalue weighted by molar-refractivity contribution is 7.22. The second kappa shape index (κ2) is 10.4. The average Bonchev–Trinajstić information content (AvgIpc) is 3.28. The van der Waals surface area contributed by atoms with Gasteiger partial charge < -0.3 is 19.5 Å². The van der Waals surface area contributed by atoms with Crippen molar-refractivity contribution in [1.29, 1.82) is 0 Å². The Morgan fingerprint density at radius 2 is 2.03 bits per heavy atom. The maximum Gasteiger partial charge on any atom is 0.407 e. The van der Waals surface area contributed by atoms with Gasteiger partial charge in [-0.15, -0.1) is 11.3 Å². The summed E-state index contributed by atoms with van der Waals surface area (Å²) in [6.07, 6.45) is 2.09. The van der Waals surface area contributed by atoms with Crippen LogP contribution in [0.4, 0.5) is 14.9 Å². The lowest BCUT2D eigenvalue weighted by molar-refractivity contribution is -0.385. The zero-order valence-corrected chi connectivity index (χ0v) is 19.2. The van der Waals surface area contributed by atoms with Gasteiger partial charge in [0.05, 0.1) is 44.9 Å². The van der Waals surface area contributed by atoms with Crippen molar-refractivity contribution in [3.63, 3.8) is 0 Å². The van der Waals surface area contributed by atoms with E-state index in [1.54, 1.807) is 24.4 Å². The van der Waals surface area contributed by atoms with Crippen molar-refractivity contribution in [2.75, 3.05) is 20.3 Å². The molecule has 35 heavy (non-hydrogen) atoms. The first kappa shape index (κ1) is 24.0. The van der Waals surface area contributed by atoms with Gasteiger partial charge in [0.15, 0.2) is 11.6 Å². The van der Waals surface area contributed by atoms with Crippen LogP contribution >= 0.6 is 11.3 Å². The predicted molar refractivity (Wildman–Crippen MR) is 126 cm³/mol. The van der Waals surface area contributed by atoms with Crippen molar-refractivity contribution in [2.24, 2.45) is 0 Å². The Kier molecular flexibility index (Phi) is 7.13. The van der Waals surface area contributed by atoms with Crippen LogP contribution in [0.25, 0.3) is 20.8 Å². The van der Waals surface area contributed by atoms with E-state index in [0.29, 0.717) is 28.3 Å². The van der Waals surface area contributed by atoms with Crippen molar-refractivity contribution in [3.05, 3.63) is 76.4 Å². The zero-order chi connectivity index (χ0) is 24.9. The van der Waals surface area contributed by atoms with E-state index in [9.17, 15) is 24.4 Å². The summed E-state index contributed by atoms with van der Waals surface area (Å²) in [7, 11) is 1.51. The fourth-order valence-corrected chi connectivity index (χ4v) is 4.30. The van der Waals surface area contributed by atoms with Crippen LogP contribution in [0.15, 0.2) is 54.9 Å². The van der Waals surface area contributed by atoms with Gasteiger partial charge in [-0.25, -0.2) is 9.18 Å². The quantitative estimate of drug-likeness (QED) is 0.242. The van der Waals surface area contributed by atoms with E-state index in [4.69, 9.17) is 9.47 Å². The third-order valence-corrected chi connectivity index (χ3v) is 6.17. The monoisotopic (exact) mass is 498 g/mol. The molecule has 0 spiro atoms. The molecule has 0 fully saturated rings. The number of methoxy groups -OCH3 is 1. The summed E-state index contributed by atoms with van der Waals surface area (Å²) in [5.74, 6) is -0.637. The number of benzene rings is 1. The highest BCUT2D eigenvalue weighted by Gasteiger charge is 2.16. The molecule has 0 unspecified atom stereocenters. The third kappa shape index (κ3) is 5.50. The minimum atomic E-state index is -1.04. The molecule has 3 aromatic heterocycles. The van der Waals surface area contributed by atoms with Crippen LogP contribution in [0, 0.1) is 15.9 Å². The van der Waals surface area contributed by atoms with Crippen LogP contribution < -0.4 is 4.74 Å². The van der Waals surface area contributed by atoms with Crippen LogP contribution in [0.3, 0.4) is 0 Å². The fourth-order valence-electron chi connectivity index (χ4n) is 3.25. The predicted octanol–water partition coefficient (Wildman–Crippen LogP) is 5.32. The number of hydrogen-bond donors (Lipinski definition) is 1. The smallest absolute Gasteiger partial charge is 0.407 e. The number of non-ortho nitro benzene ring substituents is 1. The Morgan fingerprint density at radius 3 is 2.69 bits per heavy atom. The molecule has 10 nitrogen and oxygen atoms in total. The number of carboxylic acid groups (broad SMARTS) is 1.